The zero-order chi connectivity index (χ0) is 12.3. The van der Waals surface area contributed by atoms with Gasteiger partial charge in [0.25, 0.3) is 0 Å². The molecule has 2 atom stereocenters. The predicted octanol–water partition coefficient (Wildman–Crippen LogP) is 3.51. The van der Waals surface area contributed by atoms with Gasteiger partial charge in [0.2, 0.25) is 0 Å². The van der Waals surface area contributed by atoms with E-state index in [4.69, 9.17) is 21.8 Å². The minimum atomic E-state index is -0.0516. The molecule has 0 amide bonds. The van der Waals surface area contributed by atoms with Gasteiger partial charge in [0, 0.05) is 12.2 Å². The fourth-order valence-electron chi connectivity index (χ4n) is 1.46. The van der Waals surface area contributed by atoms with E-state index < -0.39 is 0 Å². The number of thioether (sulfide) groups is 1. The molecule has 5 heteroatoms. The van der Waals surface area contributed by atoms with Crippen molar-refractivity contribution in [3.63, 3.8) is 0 Å². The molecule has 0 saturated heterocycles. The van der Waals surface area contributed by atoms with E-state index in [1.165, 1.54) is 11.8 Å². The van der Waals surface area contributed by atoms with Gasteiger partial charge in [0.05, 0.1) is 16.5 Å². The highest BCUT2D eigenvalue weighted by atomic mass is 35.5. The number of pyridine rings is 1. The number of hydrogen-bond acceptors (Lipinski definition) is 4. The highest BCUT2D eigenvalue weighted by Gasteiger charge is 2.22. The van der Waals surface area contributed by atoms with Gasteiger partial charge in [0.15, 0.2) is 0 Å². The van der Waals surface area contributed by atoms with Crippen LogP contribution in [0.1, 0.15) is 17.9 Å². The largest absolute Gasteiger partial charge is 0.468 e. The number of rotatable bonds is 4. The maximum Gasteiger partial charge on any atom is 0.118 e. The van der Waals surface area contributed by atoms with Crippen molar-refractivity contribution < 1.29 is 4.42 Å². The Bertz CT molecular complexity index is 473. The number of nitrogens with two attached hydrogens (primary N) is 1. The second-order valence-corrected chi connectivity index (χ2v) is 5.24. The Kier molecular flexibility index (Phi) is 4.10. The molecule has 0 fully saturated rings. The number of halogens is 1. The fraction of sp³-hybridized carbons (Fsp3) is 0.250. The summed E-state index contributed by atoms with van der Waals surface area (Å²) in [5.74, 6) is 0.840. The summed E-state index contributed by atoms with van der Waals surface area (Å²) in [5, 5.41) is 1.42. The third-order valence-electron chi connectivity index (χ3n) is 2.26. The molecule has 2 rings (SSSR count). The van der Waals surface area contributed by atoms with Crippen LogP contribution in [0.2, 0.25) is 5.02 Å². The van der Waals surface area contributed by atoms with Gasteiger partial charge in [-0.05, 0) is 31.2 Å². The molecule has 2 aromatic rings. The van der Waals surface area contributed by atoms with E-state index in [2.05, 4.69) is 4.98 Å². The highest BCUT2D eigenvalue weighted by molar-refractivity contribution is 7.99. The Balaban J connectivity index is 2.23. The predicted molar refractivity (Wildman–Crippen MR) is 70.2 cm³/mol. The minimum absolute atomic E-state index is 0.0115. The molecule has 2 heterocycles. The van der Waals surface area contributed by atoms with E-state index in [-0.39, 0.29) is 11.3 Å². The summed E-state index contributed by atoms with van der Waals surface area (Å²) in [5.41, 5.74) is 5.97. The second-order valence-electron chi connectivity index (χ2n) is 3.70. The van der Waals surface area contributed by atoms with Crippen molar-refractivity contribution >= 4 is 23.4 Å². The first-order valence-corrected chi connectivity index (χ1v) is 6.50. The maximum atomic E-state index is 6.08. The zero-order valence-electron chi connectivity index (χ0n) is 9.34. The maximum absolute atomic E-state index is 6.08. The number of nitrogens with zero attached hydrogens (tertiary/aromatic N) is 1. The van der Waals surface area contributed by atoms with Crippen LogP contribution in [0, 0.1) is 0 Å². The molecule has 90 valence electrons. The first kappa shape index (κ1) is 12.5. The van der Waals surface area contributed by atoms with Crippen LogP contribution in [0.4, 0.5) is 0 Å². The SMILES string of the molecule is CC(N)C(Sc1ncccc1Cl)c1ccco1. The van der Waals surface area contributed by atoms with E-state index in [0.29, 0.717) is 5.02 Å². The van der Waals surface area contributed by atoms with Crippen molar-refractivity contribution in [2.24, 2.45) is 5.73 Å². The van der Waals surface area contributed by atoms with Crippen LogP contribution in [0.25, 0.3) is 0 Å². The van der Waals surface area contributed by atoms with Crippen LogP contribution >= 0.6 is 23.4 Å². The number of aromatic nitrogens is 1. The van der Waals surface area contributed by atoms with Crippen LogP contribution in [0.15, 0.2) is 46.2 Å². The summed E-state index contributed by atoms with van der Waals surface area (Å²) in [6, 6.07) is 7.34. The van der Waals surface area contributed by atoms with Gasteiger partial charge in [-0.25, -0.2) is 4.98 Å². The third kappa shape index (κ3) is 3.03. The molecular formula is C12H13ClN2OS. The van der Waals surface area contributed by atoms with Crippen LogP contribution in [0.3, 0.4) is 0 Å². The Morgan fingerprint density at radius 1 is 1.41 bits per heavy atom. The smallest absolute Gasteiger partial charge is 0.118 e. The third-order valence-corrected chi connectivity index (χ3v) is 4.15. The Morgan fingerprint density at radius 2 is 2.24 bits per heavy atom. The molecule has 2 unspecified atom stereocenters. The summed E-state index contributed by atoms with van der Waals surface area (Å²) in [7, 11) is 0. The molecule has 2 N–H and O–H groups in total. The first-order chi connectivity index (χ1) is 8.18. The zero-order valence-corrected chi connectivity index (χ0v) is 10.9. The second kappa shape index (κ2) is 5.58. The van der Waals surface area contributed by atoms with Gasteiger partial charge in [-0.1, -0.05) is 23.4 Å². The average molecular weight is 269 g/mol. The molecule has 0 aromatic carbocycles. The van der Waals surface area contributed by atoms with Crippen LogP contribution in [0.5, 0.6) is 0 Å². The average Bonchev–Trinajstić information content (AvgIpc) is 2.81. The van der Waals surface area contributed by atoms with Crippen LogP contribution in [-0.4, -0.2) is 11.0 Å². The number of furan rings is 1. The fourth-order valence-corrected chi connectivity index (χ4v) is 2.72. The van der Waals surface area contributed by atoms with Gasteiger partial charge in [-0.2, -0.15) is 0 Å². The molecule has 0 radical (unpaired) electrons. The molecule has 0 bridgehead atoms. The van der Waals surface area contributed by atoms with Crippen molar-refractivity contribution in [3.05, 3.63) is 47.5 Å². The van der Waals surface area contributed by atoms with Gasteiger partial charge < -0.3 is 10.2 Å². The quantitative estimate of drug-likeness (QED) is 0.862. The lowest BCUT2D eigenvalue weighted by atomic mass is 10.2. The molecule has 0 aliphatic carbocycles. The van der Waals surface area contributed by atoms with Crippen molar-refractivity contribution in [3.8, 4) is 0 Å². The summed E-state index contributed by atoms with van der Waals surface area (Å²) in [6.07, 6.45) is 3.36. The summed E-state index contributed by atoms with van der Waals surface area (Å²) in [6.45, 7) is 1.94. The van der Waals surface area contributed by atoms with E-state index in [1.807, 2.05) is 25.1 Å². The van der Waals surface area contributed by atoms with E-state index >= 15 is 0 Å². The van der Waals surface area contributed by atoms with Crippen molar-refractivity contribution in [2.75, 3.05) is 0 Å². The molecule has 17 heavy (non-hydrogen) atoms. The van der Waals surface area contributed by atoms with E-state index in [1.54, 1.807) is 18.5 Å². The van der Waals surface area contributed by atoms with Crippen molar-refractivity contribution in [1.82, 2.24) is 4.98 Å². The van der Waals surface area contributed by atoms with Gasteiger partial charge in [-0.15, -0.1) is 0 Å². The topological polar surface area (TPSA) is 52.0 Å². The monoisotopic (exact) mass is 268 g/mol. The lowest BCUT2D eigenvalue weighted by molar-refractivity contribution is 0.486. The van der Waals surface area contributed by atoms with Gasteiger partial charge in [0.1, 0.15) is 10.8 Å². The van der Waals surface area contributed by atoms with E-state index in [9.17, 15) is 0 Å². The minimum Gasteiger partial charge on any atom is -0.468 e. The van der Waals surface area contributed by atoms with E-state index in [0.717, 1.165) is 10.8 Å². The van der Waals surface area contributed by atoms with Gasteiger partial charge >= 0.3 is 0 Å². The summed E-state index contributed by atoms with van der Waals surface area (Å²) in [4.78, 5) is 4.24. The van der Waals surface area contributed by atoms with Gasteiger partial charge in [-0.3, -0.25) is 0 Å². The lowest BCUT2D eigenvalue weighted by Crippen LogP contribution is -2.22. The molecule has 0 spiro atoms. The molecule has 0 aliphatic heterocycles. The normalized spacial score (nSPS) is 14.5. The molecule has 0 saturated carbocycles. The van der Waals surface area contributed by atoms with Crippen LogP contribution in [-0.2, 0) is 0 Å². The van der Waals surface area contributed by atoms with Crippen molar-refractivity contribution in [2.45, 2.75) is 23.2 Å². The van der Waals surface area contributed by atoms with Crippen molar-refractivity contribution in [1.29, 1.82) is 0 Å². The lowest BCUT2D eigenvalue weighted by Gasteiger charge is -2.17. The Morgan fingerprint density at radius 3 is 2.82 bits per heavy atom. The van der Waals surface area contributed by atoms with Crippen LogP contribution < -0.4 is 5.73 Å². The Hall–Kier alpha value is -0.970. The standard InChI is InChI=1S/C12H13ClN2OS/c1-8(14)11(10-5-3-7-16-10)17-12-9(13)4-2-6-15-12/h2-8,11H,14H2,1H3. The number of hydrogen-bond donors (Lipinski definition) is 1. The first-order valence-electron chi connectivity index (χ1n) is 5.24. The molecule has 3 nitrogen and oxygen atoms in total. The molecular weight excluding hydrogens is 256 g/mol. The summed E-state index contributed by atoms with van der Waals surface area (Å²) < 4.78 is 5.40. The molecule has 2 aromatic heterocycles. The molecule has 0 aliphatic rings. The highest BCUT2D eigenvalue weighted by Crippen LogP contribution is 2.38. The Labute approximate surface area is 109 Å². The summed E-state index contributed by atoms with van der Waals surface area (Å²) >= 11 is 7.60.